The molecule has 0 spiro atoms. The molecule has 1 aromatic heterocycles. The van der Waals surface area contributed by atoms with Gasteiger partial charge in [0.05, 0.1) is 16.9 Å². The smallest absolute Gasteiger partial charge is 0.174 e. The van der Waals surface area contributed by atoms with Crippen LogP contribution in [0.15, 0.2) is 41.6 Å². The molecule has 0 radical (unpaired) electrons. The molecule has 5 heteroatoms. The predicted octanol–water partition coefficient (Wildman–Crippen LogP) is 2.43. The zero-order valence-electron chi connectivity index (χ0n) is 12.5. The molecule has 0 aliphatic rings. The van der Waals surface area contributed by atoms with Crippen molar-refractivity contribution in [3.8, 4) is 0 Å². The Kier molecular flexibility index (Phi) is 4.42. The molecule has 21 heavy (non-hydrogen) atoms. The Morgan fingerprint density at radius 1 is 1.29 bits per heavy atom. The van der Waals surface area contributed by atoms with Crippen molar-refractivity contribution in [3.05, 3.63) is 58.9 Å². The van der Waals surface area contributed by atoms with Gasteiger partial charge in [0.15, 0.2) is 5.84 Å². The third-order valence-electron chi connectivity index (χ3n) is 3.35. The van der Waals surface area contributed by atoms with E-state index in [1.165, 1.54) is 5.56 Å². The van der Waals surface area contributed by atoms with Crippen LogP contribution in [0.2, 0.25) is 0 Å². The number of aryl methyl sites for hydroxylation is 2. The monoisotopic (exact) mass is 284 g/mol. The SMILES string of the molecule is Cc1cc(N(C)Cc2ccccc2)c(/C(N)=N/O)c(C)n1. The lowest BCUT2D eigenvalue weighted by Crippen LogP contribution is -2.24. The molecule has 0 saturated heterocycles. The maximum absolute atomic E-state index is 8.99. The Morgan fingerprint density at radius 2 is 1.95 bits per heavy atom. The fraction of sp³-hybridized carbons (Fsp3) is 0.250. The number of hydrogen-bond donors (Lipinski definition) is 2. The van der Waals surface area contributed by atoms with E-state index in [0.29, 0.717) is 5.56 Å². The fourth-order valence-electron chi connectivity index (χ4n) is 2.42. The number of amidine groups is 1. The maximum Gasteiger partial charge on any atom is 0.174 e. The number of rotatable bonds is 4. The number of pyridine rings is 1. The lowest BCUT2D eigenvalue weighted by atomic mass is 10.1. The first-order valence-corrected chi connectivity index (χ1v) is 6.74. The molecule has 110 valence electrons. The summed E-state index contributed by atoms with van der Waals surface area (Å²) in [6.45, 7) is 4.53. The average Bonchev–Trinajstić information content (AvgIpc) is 2.46. The first-order valence-electron chi connectivity index (χ1n) is 6.74. The van der Waals surface area contributed by atoms with E-state index < -0.39 is 0 Å². The standard InChI is InChI=1S/C16H20N4O/c1-11-9-14(15(12(2)18-11)16(17)19-21)20(3)10-13-7-5-4-6-8-13/h4-9,21H,10H2,1-3H3,(H2,17,19). The fourth-order valence-corrected chi connectivity index (χ4v) is 2.42. The highest BCUT2D eigenvalue weighted by molar-refractivity contribution is 6.03. The number of benzene rings is 1. The van der Waals surface area contributed by atoms with E-state index in [2.05, 4.69) is 27.2 Å². The van der Waals surface area contributed by atoms with E-state index in [9.17, 15) is 0 Å². The molecule has 3 N–H and O–H groups in total. The molecule has 0 unspecified atom stereocenters. The highest BCUT2D eigenvalue weighted by Crippen LogP contribution is 2.24. The van der Waals surface area contributed by atoms with Crippen LogP contribution in [0.3, 0.4) is 0 Å². The van der Waals surface area contributed by atoms with Crippen LogP contribution >= 0.6 is 0 Å². The normalized spacial score (nSPS) is 11.5. The summed E-state index contributed by atoms with van der Waals surface area (Å²) in [5.41, 5.74) is 10.2. The van der Waals surface area contributed by atoms with Gasteiger partial charge in [0.1, 0.15) is 0 Å². The van der Waals surface area contributed by atoms with Crippen molar-refractivity contribution in [1.82, 2.24) is 4.98 Å². The largest absolute Gasteiger partial charge is 0.409 e. The summed E-state index contributed by atoms with van der Waals surface area (Å²) in [7, 11) is 1.98. The van der Waals surface area contributed by atoms with Gasteiger partial charge in [0.2, 0.25) is 0 Å². The van der Waals surface area contributed by atoms with Crippen LogP contribution < -0.4 is 10.6 Å². The van der Waals surface area contributed by atoms with Gasteiger partial charge in [-0.3, -0.25) is 4.98 Å². The molecule has 0 aliphatic carbocycles. The second kappa shape index (κ2) is 6.26. The molecule has 0 aliphatic heterocycles. The summed E-state index contributed by atoms with van der Waals surface area (Å²) in [5, 5.41) is 12.1. The van der Waals surface area contributed by atoms with Gasteiger partial charge in [-0.2, -0.15) is 0 Å². The molecule has 1 heterocycles. The highest BCUT2D eigenvalue weighted by Gasteiger charge is 2.16. The summed E-state index contributed by atoms with van der Waals surface area (Å²) < 4.78 is 0. The van der Waals surface area contributed by atoms with Crippen LogP contribution in [0.4, 0.5) is 5.69 Å². The van der Waals surface area contributed by atoms with Crippen molar-refractivity contribution in [1.29, 1.82) is 0 Å². The molecular formula is C16H20N4O. The van der Waals surface area contributed by atoms with Crippen molar-refractivity contribution < 1.29 is 5.21 Å². The van der Waals surface area contributed by atoms with Crippen molar-refractivity contribution in [2.24, 2.45) is 10.9 Å². The molecule has 2 rings (SSSR count). The van der Waals surface area contributed by atoms with Crippen molar-refractivity contribution in [3.63, 3.8) is 0 Å². The van der Waals surface area contributed by atoms with Gasteiger partial charge in [-0.1, -0.05) is 35.5 Å². The third kappa shape index (κ3) is 3.31. The average molecular weight is 284 g/mol. The number of anilines is 1. The summed E-state index contributed by atoms with van der Waals surface area (Å²) in [5.74, 6) is 0.0786. The van der Waals surface area contributed by atoms with Gasteiger partial charge < -0.3 is 15.8 Å². The highest BCUT2D eigenvalue weighted by atomic mass is 16.4. The van der Waals surface area contributed by atoms with Crippen molar-refractivity contribution >= 4 is 11.5 Å². The second-order valence-electron chi connectivity index (χ2n) is 5.07. The van der Waals surface area contributed by atoms with E-state index in [1.54, 1.807) is 0 Å². The quantitative estimate of drug-likeness (QED) is 0.391. The van der Waals surface area contributed by atoms with E-state index in [-0.39, 0.29) is 5.84 Å². The number of aromatic nitrogens is 1. The third-order valence-corrected chi connectivity index (χ3v) is 3.35. The van der Waals surface area contributed by atoms with E-state index in [0.717, 1.165) is 23.6 Å². The zero-order valence-corrected chi connectivity index (χ0v) is 12.5. The van der Waals surface area contributed by atoms with Gasteiger partial charge in [0, 0.05) is 19.3 Å². The number of nitrogens with zero attached hydrogens (tertiary/aromatic N) is 3. The number of nitrogens with two attached hydrogens (primary N) is 1. The maximum atomic E-state index is 8.99. The molecule has 0 saturated carbocycles. The predicted molar refractivity (Wildman–Crippen MR) is 84.8 cm³/mol. The molecular weight excluding hydrogens is 264 g/mol. The molecule has 0 bridgehead atoms. The lowest BCUT2D eigenvalue weighted by Gasteiger charge is -2.23. The molecule has 0 amide bonds. The summed E-state index contributed by atoms with van der Waals surface area (Å²) in [6.07, 6.45) is 0. The Morgan fingerprint density at radius 3 is 2.57 bits per heavy atom. The molecule has 5 nitrogen and oxygen atoms in total. The van der Waals surface area contributed by atoms with Crippen LogP contribution in [0.1, 0.15) is 22.5 Å². The van der Waals surface area contributed by atoms with Gasteiger partial charge in [-0.05, 0) is 25.5 Å². The van der Waals surface area contributed by atoms with Crippen LogP contribution in [0.5, 0.6) is 0 Å². The van der Waals surface area contributed by atoms with Gasteiger partial charge in [-0.25, -0.2) is 0 Å². The van der Waals surface area contributed by atoms with Crippen molar-refractivity contribution in [2.45, 2.75) is 20.4 Å². The van der Waals surface area contributed by atoms with Crippen LogP contribution in [-0.4, -0.2) is 23.1 Å². The van der Waals surface area contributed by atoms with Gasteiger partial charge in [0.25, 0.3) is 0 Å². The minimum absolute atomic E-state index is 0.0786. The minimum Gasteiger partial charge on any atom is -0.409 e. The van der Waals surface area contributed by atoms with Gasteiger partial charge in [-0.15, -0.1) is 0 Å². The number of oxime groups is 1. The van der Waals surface area contributed by atoms with Gasteiger partial charge >= 0.3 is 0 Å². The summed E-state index contributed by atoms with van der Waals surface area (Å²) in [6, 6.07) is 12.1. The second-order valence-corrected chi connectivity index (χ2v) is 5.07. The Labute approximate surface area is 124 Å². The van der Waals surface area contributed by atoms with E-state index in [4.69, 9.17) is 10.9 Å². The first-order chi connectivity index (χ1) is 10.0. The topological polar surface area (TPSA) is 74.7 Å². The summed E-state index contributed by atoms with van der Waals surface area (Å²) >= 11 is 0. The van der Waals surface area contributed by atoms with Crippen molar-refractivity contribution in [2.75, 3.05) is 11.9 Å². The molecule has 1 aromatic carbocycles. The van der Waals surface area contributed by atoms with Crippen LogP contribution in [0, 0.1) is 13.8 Å². The Balaban J connectivity index is 2.42. The molecule has 2 aromatic rings. The van der Waals surface area contributed by atoms with E-state index >= 15 is 0 Å². The van der Waals surface area contributed by atoms with Crippen LogP contribution in [-0.2, 0) is 6.54 Å². The van der Waals surface area contributed by atoms with E-state index in [1.807, 2.05) is 45.2 Å². The zero-order chi connectivity index (χ0) is 15.4. The Bertz CT molecular complexity index is 653. The Hall–Kier alpha value is -2.56. The molecule has 0 atom stereocenters. The van der Waals surface area contributed by atoms with Crippen LogP contribution in [0.25, 0.3) is 0 Å². The lowest BCUT2D eigenvalue weighted by molar-refractivity contribution is 0.318. The minimum atomic E-state index is 0.0786. The number of hydrogen-bond acceptors (Lipinski definition) is 4. The molecule has 0 fully saturated rings. The summed E-state index contributed by atoms with van der Waals surface area (Å²) in [4.78, 5) is 6.47. The first kappa shape index (κ1) is 14.8.